The lowest BCUT2D eigenvalue weighted by Gasteiger charge is -2.14. The van der Waals surface area contributed by atoms with Crippen LogP contribution in [0.1, 0.15) is 24.5 Å². The van der Waals surface area contributed by atoms with E-state index >= 15 is 0 Å². The van der Waals surface area contributed by atoms with Gasteiger partial charge in [-0.1, -0.05) is 6.92 Å². The molecule has 0 spiro atoms. The van der Waals surface area contributed by atoms with Crippen molar-refractivity contribution in [2.24, 2.45) is 11.7 Å². The molecule has 0 saturated heterocycles. The highest BCUT2D eigenvalue weighted by molar-refractivity contribution is 5.92. The van der Waals surface area contributed by atoms with Crippen molar-refractivity contribution >= 4 is 11.6 Å². The van der Waals surface area contributed by atoms with E-state index < -0.39 is 0 Å². The van der Waals surface area contributed by atoms with E-state index in [0.717, 1.165) is 22.6 Å². The zero-order chi connectivity index (χ0) is 13.7. The molecule has 1 unspecified atom stereocenters. The Morgan fingerprint density at radius 2 is 1.94 bits per heavy atom. The number of aryl methyl sites for hydroxylation is 2. The molecule has 0 fully saturated rings. The SMILES string of the molecule is COc1c(C)cc(NC(=O)C(C)CCN)cc1C. The number of carbonyl (C=O) groups excluding carboxylic acids is 1. The van der Waals surface area contributed by atoms with Crippen molar-refractivity contribution in [2.75, 3.05) is 19.0 Å². The van der Waals surface area contributed by atoms with E-state index in [1.54, 1.807) is 7.11 Å². The maximum absolute atomic E-state index is 11.9. The number of rotatable bonds is 5. The Kier molecular flexibility index (Phi) is 5.16. The van der Waals surface area contributed by atoms with E-state index in [0.29, 0.717) is 13.0 Å². The number of nitrogens with two attached hydrogens (primary N) is 1. The molecule has 3 N–H and O–H groups in total. The Labute approximate surface area is 109 Å². The summed E-state index contributed by atoms with van der Waals surface area (Å²) in [5, 5.41) is 2.91. The molecule has 0 bridgehead atoms. The molecule has 4 nitrogen and oxygen atoms in total. The van der Waals surface area contributed by atoms with Gasteiger partial charge in [-0.15, -0.1) is 0 Å². The van der Waals surface area contributed by atoms with Gasteiger partial charge in [-0.05, 0) is 50.1 Å². The lowest BCUT2D eigenvalue weighted by molar-refractivity contribution is -0.119. The summed E-state index contributed by atoms with van der Waals surface area (Å²) in [4.78, 5) is 11.9. The Balaban J connectivity index is 2.83. The first-order chi connectivity index (χ1) is 8.49. The smallest absolute Gasteiger partial charge is 0.227 e. The highest BCUT2D eigenvalue weighted by Gasteiger charge is 2.13. The van der Waals surface area contributed by atoms with Crippen molar-refractivity contribution < 1.29 is 9.53 Å². The molecule has 1 aromatic carbocycles. The topological polar surface area (TPSA) is 64.3 Å². The maximum Gasteiger partial charge on any atom is 0.227 e. The monoisotopic (exact) mass is 250 g/mol. The Morgan fingerprint density at radius 1 is 1.39 bits per heavy atom. The summed E-state index contributed by atoms with van der Waals surface area (Å²) in [5.74, 6) is 0.796. The van der Waals surface area contributed by atoms with Gasteiger partial charge in [-0.2, -0.15) is 0 Å². The van der Waals surface area contributed by atoms with Crippen LogP contribution in [0.3, 0.4) is 0 Å². The van der Waals surface area contributed by atoms with Crippen LogP contribution in [0.2, 0.25) is 0 Å². The van der Waals surface area contributed by atoms with E-state index in [4.69, 9.17) is 10.5 Å². The lowest BCUT2D eigenvalue weighted by Crippen LogP contribution is -2.22. The summed E-state index contributed by atoms with van der Waals surface area (Å²) >= 11 is 0. The Morgan fingerprint density at radius 3 is 2.39 bits per heavy atom. The fourth-order valence-corrected chi connectivity index (χ4v) is 1.99. The van der Waals surface area contributed by atoms with Crippen LogP contribution in [-0.4, -0.2) is 19.6 Å². The van der Waals surface area contributed by atoms with Gasteiger partial charge in [-0.3, -0.25) is 4.79 Å². The normalized spacial score (nSPS) is 12.1. The van der Waals surface area contributed by atoms with Crippen molar-refractivity contribution in [1.82, 2.24) is 0 Å². The summed E-state index contributed by atoms with van der Waals surface area (Å²) in [6.07, 6.45) is 0.694. The molecule has 0 radical (unpaired) electrons. The molecule has 1 amide bonds. The van der Waals surface area contributed by atoms with Crippen LogP contribution in [0.5, 0.6) is 5.75 Å². The molecule has 4 heteroatoms. The molecule has 0 saturated carbocycles. The molecule has 1 atom stereocenters. The number of ether oxygens (including phenoxy) is 1. The predicted molar refractivity (Wildman–Crippen MR) is 73.9 cm³/mol. The van der Waals surface area contributed by atoms with Crippen LogP contribution >= 0.6 is 0 Å². The predicted octanol–water partition coefficient (Wildman–Crippen LogP) is 2.24. The molecular weight excluding hydrogens is 228 g/mol. The van der Waals surface area contributed by atoms with Crippen LogP contribution < -0.4 is 15.8 Å². The van der Waals surface area contributed by atoms with Crippen molar-refractivity contribution in [3.63, 3.8) is 0 Å². The first-order valence-corrected chi connectivity index (χ1v) is 6.15. The minimum absolute atomic E-state index is 0.00409. The number of amides is 1. The van der Waals surface area contributed by atoms with Crippen LogP contribution in [0.4, 0.5) is 5.69 Å². The van der Waals surface area contributed by atoms with E-state index in [1.807, 2.05) is 32.9 Å². The van der Waals surface area contributed by atoms with Crippen LogP contribution in [-0.2, 0) is 4.79 Å². The summed E-state index contributed by atoms with van der Waals surface area (Å²) in [6, 6.07) is 3.83. The minimum atomic E-state index is -0.0716. The van der Waals surface area contributed by atoms with Gasteiger partial charge >= 0.3 is 0 Å². The molecule has 0 aliphatic rings. The average molecular weight is 250 g/mol. The lowest BCUT2D eigenvalue weighted by atomic mass is 10.1. The Hall–Kier alpha value is -1.55. The molecule has 0 aromatic heterocycles. The van der Waals surface area contributed by atoms with Crippen LogP contribution in [0, 0.1) is 19.8 Å². The second-order valence-electron chi connectivity index (χ2n) is 4.61. The standard InChI is InChI=1S/C14H22N2O2/c1-9(5-6-15)14(17)16-12-7-10(2)13(18-4)11(3)8-12/h7-9H,5-6,15H2,1-4H3,(H,16,17). The fourth-order valence-electron chi connectivity index (χ4n) is 1.99. The van der Waals surface area contributed by atoms with Gasteiger partial charge in [0.25, 0.3) is 0 Å². The molecular formula is C14H22N2O2. The largest absolute Gasteiger partial charge is 0.496 e. The van der Waals surface area contributed by atoms with Crippen molar-refractivity contribution in [3.05, 3.63) is 23.3 Å². The molecule has 18 heavy (non-hydrogen) atoms. The van der Waals surface area contributed by atoms with Crippen molar-refractivity contribution in [2.45, 2.75) is 27.2 Å². The van der Waals surface area contributed by atoms with E-state index in [-0.39, 0.29) is 11.8 Å². The zero-order valence-corrected chi connectivity index (χ0v) is 11.5. The van der Waals surface area contributed by atoms with E-state index in [2.05, 4.69) is 5.32 Å². The third-order valence-electron chi connectivity index (χ3n) is 2.98. The summed E-state index contributed by atoms with van der Waals surface area (Å²) < 4.78 is 5.29. The number of anilines is 1. The van der Waals surface area contributed by atoms with Gasteiger partial charge < -0.3 is 15.8 Å². The number of carbonyl (C=O) groups is 1. The third-order valence-corrected chi connectivity index (χ3v) is 2.98. The second-order valence-corrected chi connectivity index (χ2v) is 4.61. The number of methoxy groups -OCH3 is 1. The number of hydrogen-bond acceptors (Lipinski definition) is 3. The van der Waals surface area contributed by atoms with E-state index in [1.165, 1.54) is 0 Å². The summed E-state index contributed by atoms with van der Waals surface area (Å²) in [5.41, 5.74) is 8.28. The summed E-state index contributed by atoms with van der Waals surface area (Å²) in [7, 11) is 1.65. The van der Waals surface area contributed by atoms with Gasteiger partial charge in [0.2, 0.25) is 5.91 Å². The average Bonchev–Trinajstić information content (AvgIpc) is 2.28. The molecule has 1 rings (SSSR count). The van der Waals surface area contributed by atoms with Gasteiger partial charge in [0.15, 0.2) is 0 Å². The number of benzene rings is 1. The molecule has 0 aliphatic heterocycles. The first-order valence-electron chi connectivity index (χ1n) is 6.15. The second kappa shape index (κ2) is 6.40. The number of nitrogens with one attached hydrogen (secondary N) is 1. The molecule has 0 heterocycles. The maximum atomic E-state index is 11.9. The minimum Gasteiger partial charge on any atom is -0.496 e. The third kappa shape index (κ3) is 3.47. The van der Waals surface area contributed by atoms with Gasteiger partial charge in [0.05, 0.1) is 7.11 Å². The molecule has 0 aliphatic carbocycles. The van der Waals surface area contributed by atoms with Gasteiger partial charge in [-0.25, -0.2) is 0 Å². The zero-order valence-electron chi connectivity index (χ0n) is 11.5. The summed E-state index contributed by atoms with van der Waals surface area (Å²) in [6.45, 7) is 6.33. The number of hydrogen-bond donors (Lipinski definition) is 2. The molecule has 100 valence electrons. The van der Waals surface area contributed by atoms with E-state index in [9.17, 15) is 4.79 Å². The molecule has 1 aromatic rings. The van der Waals surface area contributed by atoms with Crippen molar-refractivity contribution in [1.29, 1.82) is 0 Å². The van der Waals surface area contributed by atoms with Crippen molar-refractivity contribution in [3.8, 4) is 5.75 Å². The fraction of sp³-hybridized carbons (Fsp3) is 0.500. The first kappa shape index (κ1) is 14.5. The highest BCUT2D eigenvalue weighted by atomic mass is 16.5. The Bertz CT molecular complexity index is 407. The highest BCUT2D eigenvalue weighted by Crippen LogP contribution is 2.27. The van der Waals surface area contributed by atoms with Gasteiger partial charge in [0, 0.05) is 11.6 Å². The van der Waals surface area contributed by atoms with Crippen LogP contribution in [0.25, 0.3) is 0 Å². The van der Waals surface area contributed by atoms with Crippen LogP contribution in [0.15, 0.2) is 12.1 Å². The van der Waals surface area contributed by atoms with Gasteiger partial charge in [0.1, 0.15) is 5.75 Å². The quantitative estimate of drug-likeness (QED) is 0.842.